The Balaban J connectivity index is 2.74. The Morgan fingerprint density at radius 1 is 1.31 bits per heavy atom. The zero-order chi connectivity index (χ0) is 12.3. The normalized spacial score (nSPS) is 11.0. The Hall–Kier alpha value is -1.71. The molecule has 1 aromatic rings. The van der Waals surface area contributed by atoms with Gasteiger partial charge in [-0.25, -0.2) is 4.79 Å². The minimum absolute atomic E-state index is 0.221. The first-order valence-corrected chi connectivity index (χ1v) is 5.24. The second-order valence-corrected chi connectivity index (χ2v) is 4.85. The largest absolute Gasteiger partial charge is 0.398 e. The maximum absolute atomic E-state index is 11.6. The maximum atomic E-state index is 11.6. The highest BCUT2D eigenvalue weighted by atomic mass is 16.2. The molecule has 1 rings (SSSR count). The molecule has 0 aromatic heterocycles. The summed E-state index contributed by atoms with van der Waals surface area (Å²) in [4.78, 5) is 11.6. The van der Waals surface area contributed by atoms with E-state index in [9.17, 15) is 4.79 Å². The lowest BCUT2D eigenvalue weighted by molar-refractivity contribution is 0.244. The van der Waals surface area contributed by atoms with Gasteiger partial charge in [0, 0.05) is 16.9 Å². The van der Waals surface area contributed by atoms with E-state index in [2.05, 4.69) is 10.6 Å². The topological polar surface area (TPSA) is 67.1 Å². The van der Waals surface area contributed by atoms with Crippen LogP contribution in [0.2, 0.25) is 0 Å². The number of rotatable bonds is 1. The zero-order valence-electron chi connectivity index (χ0n) is 10.2. The van der Waals surface area contributed by atoms with Crippen molar-refractivity contribution in [3.05, 3.63) is 23.8 Å². The molecule has 88 valence electrons. The summed E-state index contributed by atoms with van der Waals surface area (Å²) in [6, 6.07) is 5.23. The Labute approximate surface area is 96.2 Å². The lowest BCUT2D eigenvalue weighted by atomic mass is 10.1. The van der Waals surface area contributed by atoms with E-state index in [1.165, 1.54) is 0 Å². The highest BCUT2D eigenvalue weighted by molar-refractivity contribution is 5.91. The number of urea groups is 1. The molecule has 4 N–H and O–H groups in total. The van der Waals surface area contributed by atoms with Gasteiger partial charge in [0.1, 0.15) is 0 Å². The fourth-order valence-corrected chi connectivity index (χ4v) is 1.28. The van der Waals surface area contributed by atoms with Gasteiger partial charge in [-0.2, -0.15) is 0 Å². The Kier molecular flexibility index (Phi) is 3.42. The SMILES string of the molecule is Cc1c(N)cccc1NC(=O)NC(C)(C)C. The first kappa shape index (κ1) is 12.4. The van der Waals surface area contributed by atoms with Gasteiger partial charge in [0.15, 0.2) is 0 Å². The van der Waals surface area contributed by atoms with E-state index in [0.717, 1.165) is 11.3 Å². The third-order valence-corrected chi connectivity index (χ3v) is 2.11. The van der Waals surface area contributed by atoms with Crippen LogP contribution in [0.5, 0.6) is 0 Å². The van der Waals surface area contributed by atoms with Crippen LogP contribution < -0.4 is 16.4 Å². The predicted molar refractivity (Wildman–Crippen MR) is 67.5 cm³/mol. The molecule has 0 saturated heterocycles. The van der Waals surface area contributed by atoms with Crippen molar-refractivity contribution in [1.29, 1.82) is 0 Å². The lowest BCUT2D eigenvalue weighted by Gasteiger charge is -2.21. The third-order valence-electron chi connectivity index (χ3n) is 2.11. The van der Waals surface area contributed by atoms with Crippen LogP contribution in [0.1, 0.15) is 26.3 Å². The molecule has 0 radical (unpaired) electrons. The van der Waals surface area contributed by atoms with Crippen LogP contribution in [0.25, 0.3) is 0 Å². The van der Waals surface area contributed by atoms with Gasteiger partial charge in [-0.3, -0.25) is 0 Å². The molecule has 16 heavy (non-hydrogen) atoms. The van der Waals surface area contributed by atoms with E-state index in [1.54, 1.807) is 0 Å². The van der Waals surface area contributed by atoms with Gasteiger partial charge in [0.05, 0.1) is 0 Å². The number of nitrogens with two attached hydrogens (primary N) is 1. The molecule has 4 nitrogen and oxygen atoms in total. The second kappa shape index (κ2) is 4.43. The molecule has 4 heteroatoms. The summed E-state index contributed by atoms with van der Waals surface area (Å²) in [5, 5.41) is 5.60. The molecule has 0 aliphatic rings. The first-order chi connectivity index (χ1) is 7.29. The Bertz CT molecular complexity index is 394. The number of nitrogen functional groups attached to an aromatic ring is 1. The van der Waals surface area contributed by atoms with E-state index in [-0.39, 0.29) is 11.6 Å². The van der Waals surface area contributed by atoms with Crippen molar-refractivity contribution in [2.24, 2.45) is 0 Å². The smallest absolute Gasteiger partial charge is 0.319 e. The van der Waals surface area contributed by atoms with E-state index in [4.69, 9.17) is 5.73 Å². The molecule has 0 heterocycles. The van der Waals surface area contributed by atoms with Crippen LogP contribution in [0, 0.1) is 6.92 Å². The molecule has 0 spiro atoms. The van der Waals surface area contributed by atoms with Crippen molar-refractivity contribution in [2.75, 3.05) is 11.1 Å². The minimum atomic E-state index is -0.252. The molecule has 0 atom stereocenters. The molecular formula is C12H19N3O. The van der Waals surface area contributed by atoms with Gasteiger partial charge in [0.2, 0.25) is 0 Å². The molecule has 0 bridgehead atoms. The lowest BCUT2D eigenvalue weighted by Crippen LogP contribution is -2.43. The van der Waals surface area contributed by atoms with Crippen molar-refractivity contribution >= 4 is 17.4 Å². The fourth-order valence-electron chi connectivity index (χ4n) is 1.28. The fraction of sp³-hybridized carbons (Fsp3) is 0.417. The van der Waals surface area contributed by atoms with E-state index < -0.39 is 0 Å². The van der Waals surface area contributed by atoms with Crippen molar-refractivity contribution in [3.8, 4) is 0 Å². The van der Waals surface area contributed by atoms with Crippen LogP contribution in [0.15, 0.2) is 18.2 Å². The van der Waals surface area contributed by atoms with Gasteiger partial charge in [-0.15, -0.1) is 0 Å². The first-order valence-electron chi connectivity index (χ1n) is 5.24. The number of anilines is 2. The molecule has 0 aliphatic carbocycles. The van der Waals surface area contributed by atoms with Crippen LogP contribution >= 0.6 is 0 Å². The standard InChI is InChI=1S/C12H19N3O/c1-8-9(13)6-5-7-10(8)14-11(16)15-12(2,3)4/h5-7H,13H2,1-4H3,(H2,14,15,16). The molecule has 0 fully saturated rings. The summed E-state index contributed by atoms with van der Waals surface area (Å²) in [6.45, 7) is 7.67. The number of amides is 2. The van der Waals surface area contributed by atoms with Crippen molar-refractivity contribution < 1.29 is 4.79 Å². The number of hydrogen-bond donors (Lipinski definition) is 3. The summed E-state index contributed by atoms with van der Waals surface area (Å²) in [7, 11) is 0. The highest BCUT2D eigenvalue weighted by Gasteiger charge is 2.14. The third kappa shape index (κ3) is 3.46. The number of benzene rings is 1. The number of nitrogens with one attached hydrogen (secondary N) is 2. The number of carbonyl (C=O) groups excluding carboxylic acids is 1. The Morgan fingerprint density at radius 2 is 1.94 bits per heavy atom. The van der Waals surface area contributed by atoms with Gasteiger partial charge < -0.3 is 16.4 Å². The van der Waals surface area contributed by atoms with E-state index in [0.29, 0.717) is 5.69 Å². The molecule has 0 unspecified atom stereocenters. The predicted octanol–water partition coefficient (Wildman–Crippen LogP) is 2.50. The molecule has 0 saturated carbocycles. The van der Waals surface area contributed by atoms with Crippen LogP contribution in [0.4, 0.5) is 16.2 Å². The van der Waals surface area contributed by atoms with E-state index >= 15 is 0 Å². The minimum Gasteiger partial charge on any atom is -0.398 e. The van der Waals surface area contributed by atoms with Crippen LogP contribution in [-0.2, 0) is 0 Å². The summed E-state index contributed by atoms with van der Waals surface area (Å²) in [6.07, 6.45) is 0. The molecular weight excluding hydrogens is 202 g/mol. The number of hydrogen-bond acceptors (Lipinski definition) is 2. The van der Waals surface area contributed by atoms with E-state index in [1.807, 2.05) is 45.9 Å². The van der Waals surface area contributed by atoms with Gasteiger partial charge in [-0.1, -0.05) is 6.07 Å². The summed E-state index contributed by atoms with van der Waals surface area (Å²) in [5.41, 5.74) is 7.79. The van der Waals surface area contributed by atoms with Crippen LogP contribution in [0.3, 0.4) is 0 Å². The van der Waals surface area contributed by atoms with Crippen molar-refractivity contribution in [3.63, 3.8) is 0 Å². The van der Waals surface area contributed by atoms with Gasteiger partial charge >= 0.3 is 6.03 Å². The zero-order valence-corrected chi connectivity index (χ0v) is 10.2. The molecule has 1 aromatic carbocycles. The second-order valence-electron chi connectivity index (χ2n) is 4.85. The highest BCUT2D eigenvalue weighted by Crippen LogP contribution is 2.20. The van der Waals surface area contributed by atoms with Gasteiger partial charge in [-0.05, 0) is 45.4 Å². The number of carbonyl (C=O) groups is 1. The van der Waals surface area contributed by atoms with Crippen LogP contribution in [-0.4, -0.2) is 11.6 Å². The van der Waals surface area contributed by atoms with Crippen molar-refractivity contribution in [2.45, 2.75) is 33.2 Å². The van der Waals surface area contributed by atoms with Gasteiger partial charge in [0.25, 0.3) is 0 Å². The monoisotopic (exact) mass is 221 g/mol. The summed E-state index contributed by atoms with van der Waals surface area (Å²) >= 11 is 0. The average Bonchev–Trinajstić information content (AvgIpc) is 2.09. The average molecular weight is 221 g/mol. The summed E-state index contributed by atoms with van der Waals surface area (Å²) in [5.74, 6) is 0. The molecule has 2 amide bonds. The quantitative estimate of drug-likeness (QED) is 0.638. The van der Waals surface area contributed by atoms with Crippen molar-refractivity contribution in [1.82, 2.24) is 5.32 Å². The maximum Gasteiger partial charge on any atom is 0.319 e. The summed E-state index contributed by atoms with van der Waals surface area (Å²) < 4.78 is 0. The Morgan fingerprint density at radius 3 is 2.50 bits per heavy atom. The molecule has 0 aliphatic heterocycles.